The number of hydrogen-bond acceptors (Lipinski definition) is 6. The fourth-order valence-electron chi connectivity index (χ4n) is 3.61. The van der Waals surface area contributed by atoms with Gasteiger partial charge in [-0.05, 0) is 38.0 Å². The van der Waals surface area contributed by atoms with Crippen molar-refractivity contribution in [1.29, 1.82) is 0 Å². The van der Waals surface area contributed by atoms with Crippen LogP contribution in [0.3, 0.4) is 0 Å². The van der Waals surface area contributed by atoms with Crippen LogP contribution < -0.4 is 10.2 Å². The number of ether oxygens (including phenoxy) is 2. The van der Waals surface area contributed by atoms with Crippen molar-refractivity contribution >= 4 is 28.5 Å². The Morgan fingerprint density at radius 1 is 1.30 bits per heavy atom. The van der Waals surface area contributed by atoms with Crippen molar-refractivity contribution in [3.8, 4) is 17.2 Å². The van der Waals surface area contributed by atoms with E-state index in [-0.39, 0.29) is 11.3 Å². The molecule has 1 N–H and O–H groups in total. The molecule has 8 heteroatoms. The maximum atomic E-state index is 12.3. The summed E-state index contributed by atoms with van der Waals surface area (Å²) in [7, 11) is 0. The Morgan fingerprint density at radius 3 is 2.80 bits per heavy atom. The molecule has 0 amide bonds. The Balaban J connectivity index is 1.36. The van der Waals surface area contributed by atoms with E-state index in [1.165, 1.54) is 6.07 Å². The Kier molecular flexibility index (Phi) is 5.49. The van der Waals surface area contributed by atoms with Crippen molar-refractivity contribution in [2.75, 3.05) is 13.2 Å². The van der Waals surface area contributed by atoms with Crippen LogP contribution in [0.5, 0.6) is 5.88 Å². The van der Waals surface area contributed by atoms with Gasteiger partial charge in [-0.15, -0.1) is 0 Å². The summed E-state index contributed by atoms with van der Waals surface area (Å²) in [6, 6.07) is 9.87. The highest BCUT2D eigenvalue weighted by Gasteiger charge is 2.45. The quantitative estimate of drug-likeness (QED) is 0.563. The Morgan fingerprint density at radius 2 is 2.10 bits per heavy atom. The third kappa shape index (κ3) is 4.17. The predicted molar refractivity (Wildman–Crippen MR) is 111 cm³/mol. The molecule has 1 aromatic carbocycles. The van der Waals surface area contributed by atoms with Gasteiger partial charge in [-0.3, -0.25) is 9.59 Å². The lowest BCUT2D eigenvalue weighted by Gasteiger charge is -2.42. The summed E-state index contributed by atoms with van der Waals surface area (Å²) in [4.78, 5) is 27.5. The number of fused-ring (bicyclic) bond motifs is 1. The maximum absolute atomic E-state index is 12.3. The van der Waals surface area contributed by atoms with Crippen LogP contribution in [0.2, 0.25) is 5.02 Å². The van der Waals surface area contributed by atoms with Crippen LogP contribution >= 0.6 is 11.6 Å². The first kappa shape index (κ1) is 20.4. The zero-order chi connectivity index (χ0) is 21.3. The molecule has 4 rings (SSSR count). The molecule has 30 heavy (non-hydrogen) atoms. The lowest BCUT2D eigenvalue weighted by molar-refractivity contribution is -0.165. The number of hydrogen-bond donors (Lipinski definition) is 1. The van der Waals surface area contributed by atoms with Gasteiger partial charge in [-0.1, -0.05) is 17.7 Å². The molecule has 1 aliphatic rings. The average molecular weight is 430 g/mol. The number of carboxylic acid groups (broad SMARTS) is 1. The number of carboxylic acids is 1. The van der Waals surface area contributed by atoms with Gasteiger partial charge in [-0.2, -0.15) is 0 Å². The van der Waals surface area contributed by atoms with Crippen molar-refractivity contribution in [3.05, 3.63) is 57.8 Å². The topological polar surface area (TPSA) is 98.9 Å². The van der Waals surface area contributed by atoms with Gasteiger partial charge < -0.3 is 19.0 Å². The van der Waals surface area contributed by atoms with E-state index in [9.17, 15) is 9.59 Å². The number of benzene rings is 1. The van der Waals surface area contributed by atoms with Crippen LogP contribution in [0, 0.1) is 5.92 Å². The summed E-state index contributed by atoms with van der Waals surface area (Å²) in [6.45, 7) is 2.54. The summed E-state index contributed by atoms with van der Waals surface area (Å²) in [5.41, 5.74) is 0.382. The second kappa shape index (κ2) is 8.08. The molecule has 7 nitrogen and oxygen atoms in total. The molecule has 1 fully saturated rings. The van der Waals surface area contributed by atoms with Gasteiger partial charge in [0.25, 0.3) is 0 Å². The number of rotatable bonds is 7. The molecular formula is C22H20ClNO6. The predicted octanol–water partition coefficient (Wildman–Crippen LogP) is 4.16. The number of para-hydroxylation sites is 1. The SMILES string of the molecule is CC1(OCCOc2ccc(-c3cc(=O)c4cccc(Cl)c4o3)cn2)CC(C(=O)O)C1. The fourth-order valence-corrected chi connectivity index (χ4v) is 3.82. The third-order valence-electron chi connectivity index (χ3n) is 5.22. The molecule has 1 saturated carbocycles. The summed E-state index contributed by atoms with van der Waals surface area (Å²) in [5.74, 6) is -0.323. The molecule has 2 aromatic heterocycles. The van der Waals surface area contributed by atoms with E-state index in [0.29, 0.717) is 59.3 Å². The minimum absolute atomic E-state index is 0.180. The fraction of sp³-hybridized carbons (Fsp3) is 0.318. The highest BCUT2D eigenvalue weighted by Crippen LogP contribution is 2.40. The molecule has 0 unspecified atom stereocenters. The van der Waals surface area contributed by atoms with E-state index in [2.05, 4.69) is 4.98 Å². The van der Waals surface area contributed by atoms with Crippen LogP contribution in [-0.2, 0) is 9.53 Å². The summed E-state index contributed by atoms with van der Waals surface area (Å²) >= 11 is 6.15. The van der Waals surface area contributed by atoms with E-state index < -0.39 is 11.6 Å². The van der Waals surface area contributed by atoms with Gasteiger partial charge in [0.1, 0.15) is 12.4 Å². The van der Waals surface area contributed by atoms with Crippen molar-refractivity contribution in [1.82, 2.24) is 4.98 Å². The number of nitrogens with zero attached hydrogens (tertiary/aromatic N) is 1. The first-order valence-electron chi connectivity index (χ1n) is 9.53. The second-order valence-electron chi connectivity index (χ2n) is 7.57. The molecule has 1 aliphatic carbocycles. The molecule has 156 valence electrons. The average Bonchev–Trinajstić information content (AvgIpc) is 2.70. The molecule has 0 radical (unpaired) electrons. The number of pyridine rings is 1. The Labute approximate surface area is 177 Å². The lowest BCUT2D eigenvalue weighted by Crippen LogP contribution is -2.47. The van der Waals surface area contributed by atoms with Crippen LogP contribution in [-0.4, -0.2) is 34.9 Å². The second-order valence-corrected chi connectivity index (χ2v) is 7.97. The van der Waals surface area contributed by atoms with E-state index >= 15 is 0 Å². The van der Waals surface area contributed by atoms with Crippen molar-refractivity contribution in [2.45, 2.75) is 25.4 Å². The third-order valence-corrected chi connectivity index (χ3v) is 5.51. The normalized spacial score (nSPS) is 20.7. The molecule has 0 saturated heterocycles. The minimum atomic E-state index is -0.777. The lowest BCUT2D eigenvalue weighted by atomic mass is 9.72. The molecule has 0 aliphatic heterocycles. The largest absolute Gasteiger partial charge is 0.481 e. The van der Waals surface area contributed by atoms with Crippen LogP contribution in [0.1, 0.15) is 19.8 Å². The van der Waals surface area contributed by atoms with E-state index in [1.807, 2.05) is 6.92 Å². The molecular weight excluding hydrogens is 410 g/mol. The van der Waals surface area contributed by atoms with Gasteiger partial charge >= 0.3 is 5.97 Å². The monoisotopic (exact) mass is 429 g/mol. The van der Waals surface area contributed by atoms with Gasteiger partial charge in [0.15, 0.2) is 11.0 Å². The maximum Gasteiger partial charge on any atom is 0.306 e. The first-order valence-corrected chi connectivity index (χ1v) is 9.91. The zero-order valence-corrected chi connectivity index (χ0v) is 17.0. The highest BCUT2D eigenvalue weighted by atomic mass is 35.5. The smallest absolute Gasteiger partial charge is 0.306 e. The first-order chi connectivity index (χ1) is 14.3. The molecule has 3 aromatic rings. The summed E-state index contributed by atoms with van der Waals surface area (Å²) in [6.07, 6.45) is 2.58. The minimum Gasteiger partial charge on any atom is -0.481 e. The molecule has 2 heterocycles. The van der Waals surface area contributed by atoms with Crippen LogP contribution in [0.4, 0.5) is 0 Å². The van der Waals surface area contributed by atoms with Crippen LogP contribution in [0.25, 0.3) is 22.3 Å². The van der Waals surface area contributed by atoms with E-state index in [1.54, 1.807) is 36.5 Å². The van der Waals surface area contributed by atoms with Gasteiger partial charge in [0.05, 0.1) is 28.5 Å². The number of aromatic nitrogens is 1. The van der Waals surface area contributed by atoms with Crippen molar-refractivity contribution in [2.24, 2.45) is 5.92 Å². The Hall–Kier alpha value is -2.90. The van der Waals surface area contributed by atoms with E-state index in [4.69, 9.17) is 30.6 Å². The number of halogens is 1. The summed E-state index contributed by atoms with van der Waals surface area (Å²) < 4.78 is 17.1. The van der Waals surface area contributed by atoms with Crippen molar-refractivity contribution in [3.63, 3.8) is 0 Å². The van der Waals surface area contributed by atoms with Gasteiger partial charge in [0, 0.05) is 23.9 Å². The number of aliphatic carboxylic acids is 1. The molecule has 0 bridgehead atoms. The molecule has 0 atom stereocenters. The number of carbonyl (C=O) groups is 1. The van der Waals surface area contributed by atoms with Gasteiger partial charge in [0.2, 0.25) is 5.88 Å². The van der Waals surface area contributed by atoms with E-state index in [0.717, 1.165) is 0 Å². The zero-order valence-electron chi connectivity index (χ0n) is 16.3. The standard InChI is InChI=1S/C22H20ClNO6/c1-22(10-14(11-22)21(26)27)29-8-7-28-19-6-5-13(12-24-19)18-9-17(25)15-3-2-4-16(23)20(15)30-18/h2-6,9,12,14H,7-8,10-11H2,1H3,(H,26,27). The highest BCUT2D eigenvalue weighted by molar-refractivity contribution is 6.34. The van der Waals surface area contributed by atoms with Gasteiger partial charge in [-0.25, -0.2) is 4.98 Å². The van der Waals surface area contributed by atoms with Crippen LogP contribution in [0.15, 0.2) is 51.8 Å². The summed E-state index contributed by atoms with van der Waals surface area (Å²) in [5, 5.41) is 9.75. The van der Waals surface area contributed by atoms with Crippen molar-refractivity contribution < 1.29 is 23.8 Å². The molecule has 0 spiro atoms. The Bertz CT molecular complexity index is 1130.